The van der Waals surface area contributed by atoms with Gasteiger partial charge in [-0.2, -0.15) is 15.0 Å². The van der Waals surface area contributed by atoms with Crippen LogP contribution in [0.5, 0.6) is 5.75 Å². The van der Waals surface area contributed by atoms with Gasteiger partial charge in [-0.3, -0.25) is 4.79 Å². The molecule has 1 fully saturated rings. The number of hydrogen-bond donors (Lipinski definition) is 1. The Morgan fingerprint density at radius 3 is 2.78 bits per heavy atom. The highest BCUT2D eigenvalue weighted by molar-refractivity contribution is 6.31. The van der Waals surface area contributed by atoms with E-state index >= 15 is 0 Å². The number of nitrogens with zero attached hydrogens (tertiary/aromatic N) is 5. The van der Waals surface area contributed by atoms with Crippen LogP contribution in [0.3, 0.4) is 0 Å². The number of nitrogens with one attached hydrogen (secondary N) is 1. The van der Waals surface area contributed by atoms with Crippen LogP contribution in [-0.4, -0.2) is 48.9 Å². The molecule has 5 rings (SSSR count). The quantitative estimate of drug-likeness (QED) is 0.482. The van der Waals surface area contributed by atoms with E-state index in [-0.39, 0.29) is 18.0 Å². The molecule has 3 heterocycles. The Kier molecular flexibility index (Phi) is 5.04. The number of rotatable bonds is 4. The van der Waals surface area contributed by atoms with Gasteiger partial charge in [0.05, 0.1) is 53.9 Å². The van der Waals surface area contributed by atoms with Crippen LogP contribution in [0.25, 0.3) is 16.7 Å². The lowest BCUT2D eigenvalue weighted by atomic mass is 10.1. The fourth-order valence-electron chi connectivity index (χ4n) is 4.15. The van der Waals surface area contributed by atoms with Crippen LogP contribution in [0.2, 0.25) is 5.02 Å². The zero-order valence-electron chi connectivity index (χ0n) is 17.2. The summed E-state index contributed by atoms with van der Waals surface area (Å²) in [6, 6.07) is 9.99. The van der Waals surface area contributed by atoms with Crippen molar-refractivity contribution in [3.05, 3.63) is 65.2 Å². The Balaban J connectivity index is 1.57. The van der Waals surface area contributed by atoms with E-state index in [2.05, 4.69) is 21.1 Å². The van der Waals surface area contributed by atoms with E-state index in [9.17, 15) is 4.79 Å². The first-order valence-corrected chi connectivity index (χ1v) is 10.5. The van der Waals surface area contributed by atoms with Crippen LogP contribution in [0.1, 0.15) is 35.1 Å². The molecule has 1 amide bonds. The standard InChI is InChI=1S/C23H19ClN6O2/c1-3-15-5-9-21(22-27-18-7-6-16(32-2)13-19(18)28-22)29(15)23(31)17-12-14(24)4-8-20(17)30-25-10-11-26-30/h1,4,6-8,10-13,15,21H,5,9H2,2H3,(H,27,28)/t15-,21+/m1/s1. The number of carbonyl (C=O) groups excluding carboxylic acids is 1. The van der Waals surface area contributed by atoms with Crippen molar-refractivity contribution < 1.29 is 9.53 Å². The fraction of sp³-hybridized carbons (Fsp3) is 0.217. The highest BCUT2D eigenvalue weighted by Crippen LogP contribution is 2.38. The number of carbonyl (C=O) groups is 1. The molecular formula is C23H19ClN6O2. The van der Waals surface area contributed by atoms with Crippen molar-refractivity contribution in [3.63, 3.8) is 0 Å². The summed E-state index contributed by atoms with van der Waals surface area (Å²) in [4.78, 5) is 25.0. The van der Waals surface area contributed by atoms with Gasteiger partial charge in [-0.05, 0) is 43.2 Å². The van der Waals surface area contributed by atoms with Gasteiger partial charge < -0.3 is 14.6 Å². The summed E-state index contributed by atoms with van der Waals surface area (Å²) in [5.74, 6) is 3.91. The molecule has 1 aliphatic rings. The van der Waals surface area contributed by atoms with Crippen molar-refractivity contribution in [1.82, 2.24) is 29.9 Å². The first-order chi connectivity index (χ1) is 15.6. The van der Waals surface area contributed by atoms with Crippen LogP contribution in [0.4, 0.5) is 0 Å². The lowest BCUT2D eigenvalue weighted by Gasteiger charge is -2.27. The predicted molar refractivity (Wildman–Crippen MR) is 120 cm³/mol. The van der Waals surface area contributed by atoms with Crippen molar-refractivity contribution in [2.24, 2.45) is 0 Å². The van der Waals surface area contributed by atoms with Gasteiger partial charge in [-0.15, -0.1) is 6.42 Å². The summed E-state index contributed by atoms with van der Waals surface area (Å²) in [5.41, 5.74) is 2.53. The lowest BCUT2D eigenvalue weighted by molar-refractivity contribution is 0.0696. The zero-order valence-corrected chi connectivity index (χ0v) is 18.0. The largest absolute Gasteiger partial charge is 0.497 e. The van der Waals surface area contributed by atoms with Crippen molar-refractivity contribution >= 4 is 28.5 Å². The summed E-state index contributed by atoms with van der Waals surface area (Å²) in [5, 5.41) is 8.77. The first kappa shape index (κ1) is 20.1. The van der Waals surface area contributed by atoms with E-state index in [1.807, 2.05) is 18.2 Å². The Morgan fingerprint density at radius 2 is 2.03 bits per heavy atom. The molecule has 0 unspecified atom stereocenters. The van der Waals surface area contributed by atoms with Crippen LogP contribution >= 0.6 is 11.6 Å². The molecule has 1 aliphatic heterocycles. The molecule has 2 atom stereocenters. The van der Waals surface area contributed by atoms with Crippen LogP contribution in [0.15, 0.2) is 48.8 Å². The first-order valence-electron chi connectivity index (χ1n) is 10.1. The molecule has 32 heavy (non-hydrogen) atoms. The van der Waals surface area contributed by atoms with Gasteiger partial charge in [0.25, 0.3) is 5.91 Å². The second-order valence-corrected chi connectivity index (χ2v) is 7.91. The molecule has 0 radical (unpaired) electrons. The minimum atomic E-state index is -0.368. The smallest absolute Gasteiger partial charge is 0.257 e. The van der Waals surface area contributed by atoms with Gasteiger partial charge in [0, 0.05) is 11.1 Å². The van der Waals surface area contributed by atoms with Crippen molar-refractivity contribution in [2.45, 2.75) is 24.9 Å². The van der Waals surface area contributed by atoms with E-state index < -0.39 is 0 Å². The Bertz CT molecular complexity index is 1340. The van der Waals surface area contributed by atoms with Crippen molar-refractivity contribution in [3.8, 4) is 23.8 Å². The third-order valence-electron chi connectivity index (χ3n) is 5.66. The third-order valence-corrected chi connectivity index (χ3v) is 5.89. The number of H-pyrrole nitrogens is 1. The summed E-state index contributed by atoms with van der Waals surface area (Å²) in [7, 11) is 1.61. The minimum absolute atomic E-state index is 0.247. The summed E-state index contributed by atoms with van der Waals surface area (Å²) in [6.07, 6.45) is 10.3. The summed E-state index contributed by atoms with van der Waals surface area (Å²) >= 11 is 6.24. The second kappa shape index (κ2) is 8.02. The van der Waals surface area contributed by atoms with Gasteiger partial charge in [0.1, 0.15) is 11.6 Å². The Morgan fingerprint density at radius 1 is 1.22 bits per heavy atom. The molecule has 8 nitrogen and oxygen atoms in total. The van der Waals surface area contributed by atoms with Crippen LogP contribution < -0.4 is 4.74 Å². The fourth-order valence-corrected chi connectivity index (χ4v) is 4.32. The number of imidazole rings is 1. The molecule has 9 heteroatoms. The lowest BCUT2D eigenvalue weighted by Crippen LogP contribution is -2.37. The van der Waals surface area contributed by atoms with Crippen LogP contribution in [0, 0.1) is 12.3 Å². The van der Waals surface area contributed by atoms with E-state index in [0.29, 0.717) is 40.7 Å². The molecule has 0 aliphatic carbocycles. The maximum Gasteiger partial charge on any atom is 0.257 e. The number of terminal acetylenes is 1. The number of methoxy groups -OCH3 is 1. The average molecular weight is 447 g/mol. The van der Waals surface area contributed by atoms with Gasteiger partial charge in [0.15, 0.2) is 0 Å². The van der Waals surface area contributed by atoms with Gasteiger partial charge in [-0.1, -0.05) is 17.5 Å². The topological polar surface area (TPSA) is 88.9 Å². The van der Waals surface area contributed by atoms with E-state index in [1.165, 1.54) is 4.80 Å². The Labute approximate surface area is 189 Å². The molecule has 0 spiro atoms. The number of aromatic amines is 1. The zero-order chi connectivity index (χ0) is 22.2. The maximum absolute atomic E-state index is 13.8. The number of hydrogen-bond acceptors (Lipinski definition) is 5. The summed E-state index contributed by atoms with van der Waals surface area (Å²) in [6.45, 7) is 0. The highest BCUT2D eigenvalue weighted by Gasteiger charge is 2.40. The number of fused-ring (bicyclic) bond motifs is 1. The van der Waals surface area contributed by atoms with Gasteiger partial charge >= 0.3 is 0 Å². The molecule has 0 saturated carbocycles. The van der Waals surface area contributed by atoms with Gasteiger partial charge in [0.2, 0.25) is 0 Å². The van der Waals surface area contributed by atoms with Crippen LogP contribution in [-0.2, 0) is 0 Å². The van der Waals surface area contributed by atoms with Gasteiger partial charge in [-0.25, -0.2) is 4.98 Å². The molecule has 2 aromatic carbocycles. The molecule has 1 N–H and O–H groups in total. The second-order valence-electron chi connectivity index (χ2n) is 7.47. The maximum atomic E-state index is 13.8. The number of likely N-dealkylation sites (tertiary alicyclic amines) is 1. The molecule has 0 bridgehead atoms. The molecule has 4 aromatic rings. The normalized spacial score (nSPS) is 18.1. The number of aromatic nitrogens is 5. The minimum Gasteiger partial charge on any atom is -0.497 e. The predicted octanol–water partition coefficient (Wildman–Crippen LogP) is 3.78. The number of ether oxygens (including phenoxy) is 1. The molecule has 160 valence electrons. The number of amides is 1. The molecular weight excluding hydrogens is 428 g/mol. The van der Waals surface area contributed by atoms with E-state index in [0.717, 1.165) is 11.0 Å². The molecule has 2 aromatic heterocycles. The highest BCUT2D eigenvalue weighted by atomic mass is 35.5. The molecule has 1 saturated heterocycles. The number of halogens is 1. The monoisotopic (exact) mass is 446 g/mol. The third kappa shape index (κ3) is 3.37. The number of benzene rings is 2. The average Bonchev–Trinajstić information content (AvgIpc) is 3.56. The van der Waals surface area contributed by atoms with Crippen molar-refractivity contribution in [2.75, 3.05) is 7.11 Å². The summed E-state index contributed by atoms with van der Waals surface area (Å²) < 4.78 is 5.30. The Hall–Kier alpha value is -3.83. The van der Waals surface area contributed by atoms with E-state index in [4.69, 9.17) is 27.7 Å². The SMILES string of the molecule is C#C[C@@H]1CC[C@@H](c2nc3cc(OC)ccc3[nH]2)N1C(=O)c1cc(Cl)ccc1-n1nccn1. The van der Waals surface area contributed by atoms with E-state index in [1.54, 1.807) is 42.6 Å². The van der Waals surface area contributed by atoms with Crippen molar-refractivity contribution in [1.29, 1.82) is 0 Å².